The molecule has 3 nitrogen and oxygen atoms in total. The average molecular weight is 239 g/mol. The second-order valence-electron chi connectivity index (χ2n) is 4.75. The van der Waals surface area contributed by atoms with Crippen molar-refractivity contribution in [3.05, 3.63) is 35.4 Å². The average Bonchev–Trinajstić information content (AvgIpc) is 2.96. The van der Waals surface area contributed by atoms with E-state index in [4.69, 9.17) is 5.73 Å². The molecule has 0 spiro atoms. The van der Waals surface area contributed by atoms with Gasteiger partial charge in [0.15, 0.2) is 9.84 Å². The first-order valence-corrected chi connectivity index (χ1v) is 7.48. The molecule has 0 atom stereocenters. The smallest absolute Gasteiger partial charge is 0.151 e. The fraction of sp³-hybridized carbons (Fsp3) is 0.500. The Morgan fingerprint density at radius 2 is 2.06 bits per heavy atom. The predicted molar refractivity (Wildman–Crippen MR) is 65.0 cm³/mol. The van der Waals surface area contributed by atoms with Crippen molar-refractivity contribution in [1.29, 1.82) is 0 Å². The highest BCUT2D eigenvalue weighted by atomic mass is 32.2. The van der Waals surface area contributed by atoms with E-state index in [2.05, 4.69) is 0 Å². The molecule has 0 aromatic heterocycles. The zero-order valence-corrected chi connectivity index (χ0v) is 10.3. The third-order valence-electron chi connectivity index (χ3n) is 3.21. The molecule has 88 valence electrons. The van der Waals surface area contributed by atoms with Crippen molar-refractivity contribution < 1.29 is 8.42 Å². The van der Waals surface area contributed by atoms with Gasteiger partial charge >= 0.3 is 0 Å². The minimum atomic E-state index is -2.96. The van der Waals surface area contributed by atoms with E-state index in [0.717, 1.165) is 18.4 Å². The maximum atomic E-state index is 11.2. The largest absolute Gasteiger partial charge is 0.330 e. The zero-order valence-electron chi connectivity index (χ0n) is 9.44. The van der Waals surface area contributed by atoms with Crippen molar-refractivity contribution in [2.24, 2.45) is 5.73 Å². The molecule has 0 heterocycles. The normalized spacial score (nSPS) is 18.4. The minimum absolute atomic E-state index is 0.113. The molecule has 1 aliphatic rings. The summed E-state index contributed by atoms with van der Waals surface area (Å²) in [6, 6.07) is 7.81. The van der Waals surface area contributed by atoms with E-state index in [1.165, 1.54) is 11.8 Å². The van der Waals surface area contributed by atoms with Crippen LogP contribution >= 0.6 is 0 Å². The van der Waals surface area contributed by atoms with Crippen LogP contribution in [-0.4, -0.2) is 21.2 Å². The Kier molecular flexibility index (Phi) is 2.80. The van der Waals surface area contributed by atoms with Gasteiger partial charge in [0, 0.05) is 18.2 Å². The Morgan fingerprint density at radius 1 is 1.38 bits per heavy atom. The lowest BCUT2D eigenvalue weighted by Gasteiger charge is -2.13. The molecule has 2 rings (SSSR count). The van der Waals surface area contributed by atoms with E-state index in [0.29, 0.717) is 6.54 Å². The van der Waals surface area contributed by atoms with Crippen LogP contribution in [0.3, 0.4) is 0 Å². The van der Waals surface area contributed by atoms with Crippen molar-refractivity contribution in [3.63, 3.8) is 0 Å². The standard InChI is InChI=1S/C12H17NO2S/c1-16(14,15)8-10-3-2-4-11(7-10)12(9-13)5-6-12/h2-4,7H,5-6,8-9,13H2,1H3. The van der Waals surface area contributed by atoms with Gasteiger partial charge in [0.1, 0.15) is 0 Å². The van der Waals surface area contributed by atoms with Gasteiger partial charge in [-0.2, -0.15) is 0 Å². The van der Waals surface area contributed by atoms with Crippen LogP contribution in [0.25, 0.3) is 0 Å². The van der Waals surface area contributed by atoms with E-state index in [1.54, 1.807) is 0 Å². The summed E-state index contributed by atoms with van der Waals surface area (Å²) in [5, 5.41) is 0. The Balaban J connectivity index is 2.27. The molecule has 1 aromatic rings. The summed E-state index contributed by atoms with van der Waals surface area (Å²) < 4.78 is 22.4. The highest BCUT2D eigenvalue weighted by Crippen LogP contribution is 2.47. The lowest BCUT2D eigenvalue weighted by Crippen LogP contribution is -2.19. The molecule has 1 fully saturated rings. The van der Waals surface area contributed by atoms with E-state index in [1.807, 2.05) is 24.3 Å². The highest BCUT2D eigenvalue weighted by Gasteiger charge is 2.42. The molecular formula is C12H17NO2S. The maximum Gasteiger partial charge on any atom is 0.151 e. The second kappa shape index (κ2) is 3.86. The number of benzene rings is 1. The first kappa shape index (κ1) is 11.6. The molecule has 16 heavy (non-hydrogen) atoms. The van der Waals surface area contributed by atoms with Gasteiger partial charge in [-0.25, -0.2) is 8.42 Å². The molecule has 1 aromatic carbocycles. The number of sulfone groups is 1. The van der Waals surface area contributed by atoms with Crippen molar-refractivity contribution in [3.8, 4) is 0 Å². The monoisotopic (exact) mass is 239 g/mol. The van der Waals surface area contributed by atoms with Crippen LogP contribution in [0.15, 0.2) is 24.3 Å². The third-order valence-corrected chi connectivity index (χ3v) is 4.07. The van der Waals surface area contributed by atoms with Crippen molar-refractivity contribution in [2.45, 2.75) is 24.0 Å². The Hall–Kier alpha value is -0.870. The number of hydrogen-bond donors (Lipinski definition) is 1. The predicted octanol–water partition coefficient (Wildman–Crippen LogP) is 1.22. The van der Waals surface area contributed by atoms with Crippen LogP contribution in [0.1, 0.15) is 24.0 Å². The van der Waals surface area contributed by atoms with Crippen LogP contribution in [0.4, 0.5) is 0 Å². The summed E-state index contributed by atoms with van der Waals surface area (Å²) in [4.78, 5) is 0. The molecule has 1 aliphatic carbocycles. The van der Waals surface area contributed by atoms with Gasteiger partial charge in [0.2, 0.25) is 0 Å². The first-order valence-electron chi connectivity index (χ1n) is 5.42. The molecule has 0 unspecified atom stereocenters. The Bertz CT molecular complexity index is 489. The number of rotatable bonds is 4. The molecule has 1 saturated carbocycles. The number of hydrogen-bond acceptors (Lipinski definition) is 3. The van der Waals surface area contributed by atoms with Crippen LogP contribution in [0, 0.1) is 0 Å². The summed E-state index contributed by atoms with van der Waals surface area (Å²) in [7, 11) is -2.96. The van der Waals surface area contributed by atoms with Crippen molar-refractivity contribution in [1.82, 2.24) is 0 Å². The zero-order chi connectivity index (χ0) is 11.8. The molecule has 4 heteroatoms. The van der Waals surface area contributed by atoms with Gasteiger partial charge in [-0.1, -0.05) is 24.3 Å². The van der Waals surface area contributed by atoms with Gasteiger partial charge in [0.05, 0.1) is 5.75 Å². The first-order chi connectivity index (χ1) is 7.45. The van der Waals surface area contributed by atoms with Crippen LogP contribution in [0.2, 0.25) is 0 Å². The number of nitrogens with two attached hydrogens (primary N) is 1. The van der Waals surface area contributed by atoms with E-state index in [-0.39, 0.29) is 11.2 Å². The summed E-state index contributed by atoms with van der Waals surface area (Å²) in [5.41, 5.74) is 7.94. The van der Waals surface area contributed by atoms with E-state index in [9.17, 15) is 8.42 Å². The molecule has 0 amide bonds. The lowest BCUT2D eigenvalue weighted by atomic mass is 9.95. The van der Waals surface area contributed by atoms with Gasteiger partial charge < -0.3 is 5.73 Å². The third kappa shape index (κ3) is 2.44. The second-order valence-corrected chi connectivity index (χ2v) is 6.90. The van der Waals surface area contributed by atoms with E-state index >= 15 is 0 Å². The molecule has 0 saturated heterocycles. The van der Waals surface area contributed by atoms with Gasteiger partial charge in [-0.05, 0) is 24.0 Å². The Labute approximate surface area is 96.6 Å². The Morgan fingerprint density at radius 3 is 2.56 bits per heavy atom. The van der Waals surface area contributed by atoms with Crippen molar-refractivity contribution in [2.75, 3.05) is 12.8 Å². The van der Waals surface area contributed by atoms with Gasteiger partial charge in [0.25, 0.3) is 0 Å². The molecule has 0 bridgehead atoms. The van der Waals surface area contributed by atoms with Crippen LogP contribution < -0.4 is 5.73 Å². The summed E-state index contributed by atoms with van der Waals surface area (Å²) in [5.74, 6) is 0.113. The van der Waals surface area contributed by atoms with Gasteiger partial charge in [-0.15, -0.1) is 0 Å². The fourth-order valence-corrected chi connectivity index (χ4v) is 2.84. The molecule has 0 aliphatic heterocycles. The van der Waals surface area contributed by atoms with E-state index < -0.39 is 9.84 Å². The van der Waals surface area contributed by atoms with Crippen molar-refractivity contribution >= 4 is 9.84 Å². The highest BCUT2D eigenvalue weighted by molar-refractivity contribution is 7.89. The van der Waals surface area contributed by atoms with Crippen LogP contribution in [-0.2, 0) is 21.0 Å². The molecular weight excluding hydrogens is 222 g/mol. The topological polar surface area (TPSA) is 60.2 Å². The summed E-state index contributed by atoms with van der Waals surface area (Å²) in [6.45, 7) is 0.648. The molecule has 2 N–H and O–H groups in total. The minimum Gasteiger partial charge on any atom is -0.330 e. The molecule has 0 radical (unpaired) electrons. The summed E-state index contributed by atoms with van der Waals surface area (Å²) in [6.07, 6.45) is 3.49. The fourth-order valence-electron chi connectivity index (χ4n) is 2.06. The lowest BCUT2D eigenvalue weighted by molar-refractivity contribution is 0.601. The van der Waals surface area contributed by atoms with Gasteiger partial charge in [-0.3, -0.25) is 0 Å². The maximum absolute atomic E-state index is 11.2. The summed E-state index contributed by atoms with van der Waals surface area (Å²) >= 11 is 0. The van der Waals surface area contributed by atoms with Crippen LogP contribution in [0.5, 0.6) is 0 Å². The quantitative estimate of drug-likeness (QED) is 0.859. The SMILES string of the molecule is CS(=O)(=O)Cc1cccc(C2(CN)CC2)c1.